The Kier molecular flexibility index (Phi) is 7.04. The van der Waals surface area contributed by atoms with Crippen LogP contribution in [0.25, 0.3) is 0 Å². The van der Waals surface area contributed by atoms with E-state index in [4.69, 9.17) is 14.6 Å². The molecule has 1 atom stereocenters. The standard InChI is InChI=1S/C19H26N2O6/c1-13(22)21(12-18(23)24)14-5-4-9-20(10-8-14)19(25)16-11-15(26-2)6-7-17(16)27-3/h6-7,11,14H,4-5,8-10,12H2,1-3H3,(H,23,24). The maximum Gasteiger partial charge on any atom is 0.323 e. The summed E-state index contributed by atoms with van der Waals surface area (Å²) >= 11 is 0. The Labute approximate surface area is 158 Å². The number of methoxy groups -OCH3 is 2. The molecule has 8 nitrogen and oxygen atoms in total. The van der Waals surface area contributed by atoms with Crippen LogP contribution >= 0.6 is 0 Å². The molecule has 2 rings (SSSR count). The van der Waals surface area contributed by atoms with Gasteiger partial charge in [-0.3, -0.25) is 14.4 Å². The van der Waals surface area contributed by atoms with Gasteiger partial charge >= 0.3 is 5.97 Å². The topological polar surface area (TPSA) is 96.4 Å². The van der Waals surface area contributed by atoms with Crippen LogP contribution in [0.3, 0.4) is 0 Å². The van der Waals surface area contributed by atoms with Crippen LogP contribution in [0.15, 0.2) is 18.2 Å². The molecule has 1 unspecified atom stereocenters. The minimum Gasteiger partial charge on any atom is -0.497 e. The predicted octanol–water partition coefficient (Wildman–Crippen LogP) is 1.63. The van der Waals surface area contributed by atoms with Gasteiger partial charge < -0.3 is 24.4 Å². The van der Waals surface area contributed by atoms with Crippen LogP contribution in [-0.4, -0.2) is 72.6 Å². The van der Waals surface area contributed by atoms with E-state index in [-0.39, 0.29) is 24.4 Å². The van der Waals surface area contributed by atoms with Gasteiger partial charge in [-0.25, -0.2) is 0 Å². The highest BCUT2D eigenvalue weighted by Crippen LogP contribution is 2.27. The summed E-state index contributed by atoms with van der Waals surface area (Å²) < 4.78 is 10.5. The minimum absolute atomic E-state index is 0.168. The Hall–Kier alpha value is -2.77. The summed E-state index contributed by atoms with van der Waals surface area (Å²) in [4.78, 5) is 39.0. The Balaban J connectivity index is 2.14. The summed E-state index contributed by atoms with van der Waals surface area (Å²) in [5.41, 5.74) is 0.421. The van der Waals surface area contributed by atoms with Gasteiger partial charge in [0.2, 0.25) is 5.91 Å². The van der Waals surface area contributed by atoms with E-state index >= 15 is 0 Å². The molecule has 27 heavy (non-hydrogen) atoms. The summed E-state index contributed by atoms with van der Waals surface area (Å²) in [5.74, 6) is -0.437. The van der Waals surface area contributed by atoms with E-state index in [1.807, 2.05) is 0 Å². The number of carbonyl (C=O) groups excluding carboxylic acids is 2. The van der Waals surface area contributed by atoms with E-state index in [1.165, 1.54) is 26.0 Å². The lowest BCUT2D eigenvalue weighted by atomic mass is 10.1. The number of rotatable bonds is 6. The first-order valence-electron chi connectivity index (χ1n) is 8.87. The zero-order valence-corrected chi connectivity index (χ0v) is 15.9. The first-order valence-corrected chi connectivity index (χ1v) is 8.87. The third-order valence-electron chi connectivity index (χ3n) is 4.77. The molecule has 8 heteroatoms. The lowest BCUT2D eigenvalue weighted by Gasteiger charge is -2.29. The van der Waals surface area contributed by atoms with Crippen LogP contribution in [0.2, 0.25) is 0 Å². The number of nitrogens with zero attached hydrogens (tertiary/aromatic N) is 2. The van der Waals surface area contributed by atoms with Crippen molar-refractivity contribution in [3.63, 3.8) is 0 Å². The van der Waals surface area contributed by atoms with Crippen molar-refractivity contribution in [2.24, 2.45) is 0 Å². The number of hydrogen-bond donors (Lipinski definition) is 1. The lowest BCUT2D eigenvalue weighted by molar-refractivity contribution is -0.145. The fourth-order valence-electron chi connectivity index (χ4n) is 3.39. The molecule has 1 fully saturated rings. The number of amides is 2. The second kappa shape index (κ2) is 9.25. The maximum absolute atomic E-state index is 13.0. The highest BCUT2D eigenvalue weighted by Gasteiger charge is 2.28. The van der Waals surface area contributed by atoms with Crippen molar-refractivity contribution < 1.29 is 29.0 Å². The number of carboxylic acids is 1. The first kappa shape index (κ1) is 20.5. The lowest BCUT2D eigenvalue weighted by Crippen LogP contribution is -2.43. The van der Waals surface area contributed by atoms with Crippen LogP contribution < -0.4 is 9.47 Å². The Morgan fingerprint density at radius 2 is 1.93 bits per heavy atom. The molecule has 0 aromatic heterocycles. The molecule has 1 aliphatic heterocycles. The third kappa shape index (κ3) is 5.12. The Bertz CT molecular complexity index is 705. The summed E-state index contributed by atoms with van der Waals surface area (Å²) in [5, 5.41) is 9.05. The maximum atomic E-state index is 13.0. The number of hydrogen-bond acceptors (Lipinski definition) is 5. The van der Waals surface area contributed by atoms with E-state index in [9.17, 15) is 14.4 Å². The fourth-order valence-corrected chi connectivity index (χ4v) is 3.39. The second-order valence-corrected chi connectivity index (χ2v) is 6.48. The molecule has 1 aromatic rings. The van der Waals surface area contributed by atoms with Crippen LogP contribution in [0.5, 0.6) is 11.5 Å². The molecule has 1 saturated heterocycles. The predicted molar refractivity (Wildman–Crippen MR) is 98.1 cm³/mol. The molecule has 0 radical (unpaired) electrons. The van der Waals surface area contributed by atoms with Gasteiger partial charge in [0.05, 0.1) is 19.8 Å². The monoisotopic (exact) mass is 378 g/mol. The van der Waals surface area contributed by atoms with Crippen molar-refractivity contribution in [3.05, 3.63) is 23.8 Å². The highest BCUT2D eigenvalue weighted by molar-refractivity contribution is 5.97. The van der Waals surface area contributed by atoms with Crippen molar-refractivity contribution >= 4 is 17.8 Å². The molecule has 0 spiro atoms. The van der Waals surface area contributed by atoms with Crippen molar-refractivity contribution in [3.8, 4) is 11.5 Å². The zero-order valence-electron chi connectivity index (χ0n) is 15.9. The molecule has 1 heterocycles. The number of carbonyl (C=O) groups is 3. The normalized spacial score (nSPS) is 17.0. The average Bonchev–Trinajstić information content (AvgIpc) is 2.90. The molecule has 2 amide bonds. The Morgan fingerprint density at radius 3 is 2.52 bits per heavy atom. The van der Waals surface area contributed by atoms with Crippen LogP contribution in [0, 0.1) is 0 Å². The highest BCUT2D eigenvalue weighted by atomic mass is 16.5. The first-order chi connectivity index (χ1) is 12.9. The second-order valence-electron chi connectivity index (χ2n) is 6.48. The fraction of sp³-hybridized carbons (Fsp3) is 0.526. The molecule has 0 aliphatic carbocycles. The van der Waals surface area contributed by atoms with Crippen LogP contribution in [0.1, 0.15) is 36.5 Å². The molecular weight excluding hydrogens is 352 g/mol. The molecule has 148 valence electrons. The van der Waals surface area contributed by atoms with E-state index < -0.39 is 5.97 Å². The molecule has 1 aliphatic rings. The van der Waals surface area contributed by atoms with Crippen molar-refractivity contribution in [1.29, 1.82) is 0 Å². The van der Waals surface area contributed by atoms with Gasteiger partial charge in [-0.15, -0.1) is 0 Å². The smallest absolute Gasteiger partial charge is 0.323 e. The van der Waals surface area contributed by atoms with Gasteiger partial charge in [-0.05, 0) is 37.5 Å². The average molecular weight is 378 g/mol. The van der Waals surface area contributed by atoms with Crippen molar-refractivity contribution in [2.45, 2.75) is 32.2 Å². The van der Waals surface area contributed by atoms with Gasteiger partial charge in [-0.1, -0.05) is 0 Å². The van der Waals surface area contributed by atoms with Gasteiger partial charge in [0, 0.05) is 26.1 Å². The third-order valence-corrected chi connectivity index (χ3v) is 4.77. The van der Waals surface area contributed by atoms with Crippen LogP contribution in [0.4, 0.5) is 0 Å². The number of benzene rings is 1. The minimum atomic E-state index is -1.04. The quantitative estimate of drug-likeness (QED) is 0.808. The molecular formula is C19H26N2O6. The number of ether oxygens (including phenoxy) is 2. The Morgan fingerprint density at radius 1 is 1.19 bits per heavy atom. The van der Waals surface area contributed by atoms with E-state index in [0.717, 1.165) is 0 Å². The zero-order chi connectivity index (χ0) is 20.0. The number of carboxylic acid groups (broad SMARTS) is 1. The van der Waals surface area contributed by atoms with Gasteiger partial charge in [-0.2, -0.15) is 0 Å². The van der Waals surface area contributed by atoms with Gasteiger partial charge in [0.1, 0.15) is 18.0 Å². The summed E-state index contributed by atoms with van der Waals surface area (Å²) in [7, 11) is 3.04. The largest absolute Gasteiger partial charge is 0.497 e. The molecule has 0 saturated carbocycles. The summed E-state index contributed by atoms with van der Waals surface area (Å²) in [6, 6.07) is 4.88. The molecule has 0 bridgehead atoms. The molecule has 1 N–H and O–H groups in total. The summed E-state index contributed by atoms with van der Waals surface area (Å²) in [6.07, 6.45) is 1.88. The summed E-state index contributed by atoms with van der Waals surface area (Å²) in [6.45, 7) is 2.03. The van der Waals surface area contributed by atoms with Crippen molar-refractivity contribution in [1.82, 2.24) is 9.80 Å². The van der Waals surface area contributed by atoms with E-state index in [0.29, 0.717) is 49.4 Å². The van der Waals surface area contributed by atoms with Crippen LogP contribution in [-0.2, 0) is 9.59 Å². The van der Waals surface area contributed by atoms with E-state index in [1.54, 1.807) is 23.1 Å². The number of aliphatic carboxylic acids is 1. The number of likely N-dealkylation sites (tertiary alicyclic amines) is 1. The SMILES string of the molecule is COc1ccc(OC)c(C(=O)N2CCCC(N(CC(=O)O)C(C)=O)CC2)c1. The van der Waals surface area contributed by atoms with Gasteiger partial charge in [0.15, 0.2) is 0 Å². The van der Waals surface area contributed by atoms with Gasteiger partial charge in [0.25, 0.3) is 5.91 Å². The van der Waals surface area contributed by atoms with Crippen molar-refractivity contribution in [2.75, 3.05) is 33.9 Å². The molecule has 1 aromatic carbocycles. The van der Waals surface area contributed by atoms with E-state index in [2.05, 4.69) is 0 Å².